The molecule has 0 unspecified atom stereocenters. The van der Waals surface area contributed by atoms with Crippen molar-refractivity contribution in [1.82, 2.24) is 10.3 Å². The number of fused-ring (bicyclic) bond motifs is 1. The number of rotatable bonds is 6. The van der Waals surface area contributed by atoms with Crippen LogP contribution in [0.5, 0.6) is 0 Å². The van der Waals surface area contributed by atoms with Crippen molar-refractivity contribution in [3.05, 3.63) is 95.7 Å². The Morgan fingerprint density at radius 2 is 1.52 bits per heavy atom. The molecule has 0 saturated carbocycles. The van der Waals surface area contributed by atoms with Crippen molar-refractivity contribution in [3.8, 4) is 11.1 Å². The average Bonchev–Trinajstić information content (AvgIpc) is 3.01. The zero-order valence-electron chi connectivity index (χ0n) is 15.5. The topological polar surface area (TPSA) is 27.8 Å². The largest absolute Gasteiger partial charge is 0.358 e. The van der Waals surface area contributed by atoms with Crippen LogP contribution in [-0.2, 0) is 13.0 Å². The van der Waals surface area contributed by atoms with E-state index in [9.17, 15) is 0 Å². The smallest absolute Gasteiger partial charge is 0.0459 e. The fourth-order valence-electron chi connectivity index (χ4n) is 3.56. The first-order valence-corrected chi connectivity index (χ1v) is 9.22. The molecule has 1 heterocycles. The van der Waals surface area contributed by atoms with E-state index in [2.05, 4.69) is 96.1 Å². The normalized spacial score (nSPS) is 10.7. The minimum atomic E-state index is 0. The monoisotopic (exact) mass is 376 g/mol. The predicted molar refractivity (Wildman–Crippen MR) is 118 cm³/mol. The summed E-state index contributed by atoms with van der Waals surface area (Å²) in [5, 5.41) is 4.90. The third-order valence-electron chi connectivity index (χ3n) is 4.95. The van der Waals surface area contributed by atoms with Crippen LogP contribution < -0.4 is 5.32 Å². The molecule has 27 heavy (non-hydrogen) atoms. The average molecular weight is 377 g/mol. The van der Waals surface area contributed by atoms with Crippen LogP contribution in [0, 0.1) is 6.92 Å². The molecule has 0 aliphatic rings. The number of hydrogen-bond acceptors (Lipinski definition) is 1. The van der Waals surface area contributed by atoms with Crippen molar-refractivity contribution in [2.45, 2.75) is 19.9 Å². The molecule has 0 saturated heterocycles. The van der Waals surface area contributed by atoms with Gasteiger partial charge in [0.2, 0.25) is 0 Å². The molecule has 0 spiro atoms. The summed E-state index contributed by atoms with van der Waals surface area (Å²) in [7, 11) is 0. The van der Waals surface area contributed by atoms with E-state index in [4.69, 9.17) is 0 Å². The number of benzene rings is 3. The quantitative estimate of drug-likeness (QED) is 0.403. The minimum absolute atomic E-state index is 0. The zero-order chi connectivity index (χ0) is 17.8. The van der Waals surface area contributed by atoms with Gasteiger partial charge in [0.1, 0.15) is 0 Å². The van der Waals surface area contributed by atoms with Gasteiger partial charge < -0.3 is 10.3 Å². The first-order chi connectivity index (χ1) is 12.8. The summed E-state index contributed by atoms with van der Waals surface area (Å²) >= 11 is 0. The molecule has 4 aromatic rings. The van der Waals surface area contributed by atoms with Gasteiger partial charge in [-0.1, -0.05) is 66.7 Å². The fraction of sp³-hybridized carbons (Fsp3) is 0.167. The number of aromatic amines is 1. The summed E-state index contributed by atoms with van der Waals surface area (Å²) in [5.74, 6) is 0. The van der Waals surface area contributed by atoms with Crippen LogP contribution >= 0.6 is 12.4 Å². The zero-order valence-corrected chi connectivity index (χ0v) is 16.4. The van der Waals surface area contributed by atoms with Gasteiger partial charge in [-0.05, 0) is 54.3 Å². The number of halogens is 1. The highest BCUT2D eigenvalue weighted by molar-refractivity contribution is 5.89. The van der Waals surface area contributed by atoms with Gasteiger partial charge in [-0.2, -0.15) is 0 Å². The summed E-state index contributed by atoms with van der Waals surface area (Å²) in [6.07, 6.45) is 1.02. The molecule has 138 valence electrons. The van der Waals surface area contributed by atoms with E-state index in [1.807, 2.05) is 0 Å². The Morgan fingerprint density at radius 1 is 0.815 bits per heavy atom. The Morgan fingerprint density at radius 3 is 2.26 bits per heavy atom. The molecular weight excluding hydrogens is 352 g/mol. The van der Waals surface area contributed by atoms with Crippen molar-refractivity contribution >= 4 is 23.3 Å². The van der Waals surface area contributed by atoms with Gasteiger partial charge in [0.05, 0.1) is 0 Å². The highest BCUT2D eigenvalue weighted by atomic mass is 35.5. The van der Waals surface area contributed by atoms with E-state index < -0.39 is 0 Å². The standard InChI is InChI=1S/C24H24N2.ClH/c1-18-22(14-15-25-17-19-8-4-2-5-9-19)23-16-21(12-13-24(23)26-18)20-10-6-3-7-11-20;/h2-13,16,25-26H,14-15,17H2,1H3;1H. The summed E-state index contributed by atoms with van der Waals surface area (Å²) < 4.78 is 0. The molecule has 0 atom stereocenters. The molecule has 0 aliphatic heterocycles. The van der Waals surface area contributed by atoms with Crippen molar-refractivity contribution in [1.29, 1.82) is 0 Å². The number of aryl methyl sites for hydroxylation is 1. The highest BCUT2D eigenvalue weighted by Gasteiger charge is 2.09. The third-order valence-corrected chi connectivity index (χ3v) is 4.95. The van der Waals surface area contributed by atoms with Gasteiger partial charge in [0.15, 0.2) is 0 Å². The van der Waals surface area contributed by atoms with E-state index in [0.29, 0.717) is 0 Å². The maximum Gasteiger partial charge on any atom is 0.0459 e. The first kappa shape index (κ1) is 19.2. The van der Waals surface area contributed by atoms with E-state index in [-0.39, 0.29) is 12.4 Å². The Balaban J connectivity index is 0.00000210. The Hall–Kier alpha value is -2.55. The molecule has 0 amide bonds. The predicted octanol–water partition coefficient (Wildman–Crippen LogP) is 5.90. The summed E-state index contributed by atoms with van der Waals surface area (Å²) in [6.45, 7) is 4.06. The van der Waals surface area contributed by atoms with Crippen molar-refractivity contribution < 1.29 is 0 Å². The van der Waals surface area contributed by atoms with Crippen LogP contribution in [-0.4, -0.2) is 11.5 Å². The van der Waals surface area contributed by atoms with E-state index in [0.717, 1.165) is 19.5 Å². The lowest BCUT2D eigenvalue weighted by Crippen LogP contribution is -2.16. The molecule has 2 N–H and O–H groups in total. The third kappa shape index (κ3) is 4.41. The van der Waals surface area contributed by atoms with Gasteiger partial charge in [-0.25, -0.2) is 0 Å². The molecule has 1 aromatic heterocycles. The summed E-state index contributed by atoms with van der Waals surface area (Å²) in [4.78, 5) is 3.54. The number of H-pyrrole nitrogens is 1. The van der Waals surface area contributed by atoms with Crippen molar-refractivity contribution in [2.24, 2.45) is 0 Å². The van der Waals surface area contributed by atoms with Crippen LogP contribution in [0.15, 0.2) is 78.9 Å². The van der Waals surface area contributed by atoms with Crippen molar-refractivity contribution in [2.75, 3.05) is 6.54 Å². The molecule has 3 heteroatoms. The first-order valence-electron chi connectivity index (χ1n) is 9.22. The summed E-state index contributed by atoms with van der Waals surface area (Å²) in [5.41, 5.74) is 7.77. The van der Waals surface area contributed by atoms with Crippen LogP contribution in [0.3, 0.4) is 0 Å². The lowest BCUT2D eigenvalue weighted by Gasteiger charge is -2.07. The second-order valence-corrected chi connectivity index (χ2v) is 6.77. The van der Waals surface area contributed by atoms with Crippen molar-refractivity contribution in [3.63, 3.8) is 0 Å². The molecule has 0 aliphatic carbocycles. The maximum atomic E-state index is 3.56. The molecular formula is C24H25ClN2. The van der Waals surface area contributed by atoms with E-state index in [1.54, 1.807) is 0 Å². The lowest BCUT2D eigenvalue weighted by molar-refractivity contribution is 0.687. The van der Waals surface area contributed by atoms with Gasteiger partial charge in [0, 0.05) is 23.1 Å². The Labute approximate surface area is 167 Å². The second kappa shape index (κ2) is 8.90. The number of nitrogens with one attached hydrogen (secondary N) is 2. The van der Waals surface area contributed by atoms with E-state index >= 15 is 0 Å². The number of aromatic nitrogens is 1. The molecule has 0 radical (unpaired) electrons. The maximum absolute atomic E-state index is 3.56. The van der Waals surface area contributed by atoms with Gasteiger partial charge >= 0.3 is 0 Å². The van der Waals surface area contributed by atoms with E-state index in [1.165, 1.54) is 38.9 Å². The molecule has 3 aromatic carbocycles. The minimum Gasteiger partial charge on any atom is -0.358 e. The van der Waals surface area contributed by atoms with Crippen LogP contribution in [0.4, 0.5) is 0 Å². The molecule has 4 rings (SSSR count). The molecule has 2 nitrogen and oxygen atoms in total. The summed E-state index contributed by atoms with van der Waals surface area (Å²) in [6, 6.07) is 27.9. The van der Waals surface area contributed by atoms with Crippen LogP contribution in [0.2, 0.25) is 0 Å². The Kier molecular flexibility index (Phi) is 6.33. The molecule has 0 bridgehead atoms. The highest BCUT2D eigenvalue weighted by Crippen LogP contribution is 2.28. The Bertz CT molecular complexity index is 991. The second-order valence-electron chi connectivity index (χ2n) is 6.77. The number of hydrogen-bond donors (Lipinski definition) is 2. The van der Waals surface area contributed by atoms with Crippen LogP contribution in [0.1, 0.15) is 16.8 Å². The van der Waals surface area contributed by atoms with Gasteiger partial charge in [-0.15, -0.1) is 12.4 Å². The van der Waals surface area contributed by atoms with Gasteiger partial charge in [0.25, 0.3) is 0 Å². The SMILES string of the molecule is Cc1[nH]c2ccc(-c3ccccc3)cc2c1CCNCc1ccccc1.Cl. The van der Waals surface area contributed by atoms with Gasteiger partial charge in [-0.3, -0.25) is 0 Å². The van der Waals surface area contributed by atoms with Crippen LogP contribution in [0.25, 0.3) is 22.0 Å². The fourth-order valence-corrected chi connectivity index (χ4v) is 3.56. The molecule has 0 fully saturated rings. The lowest BCUT2D eigenvalue weighted by atomic mass is 10.0.